The van der Waals surface area contributed by atoms with Crippen LogP contribution in [-0.2, 0) is 16.1 Å². The van der Waals surface area contributed by atoms with Crippen molar-refractivity contribution in [2.45, 2.75) is 20.5 Å². The summed E-state index contributed by atoms with van der Waals surface area (Å²) in [6.45, 7) is 4.32. The maximum atomic E-state index is 13.5. The van der Waals surface area contributed by atoms with Gasteiger partial charge >= 0.3 is 11.9 Å². The topological polar surface area (TPSA) is 124 Å². The van der Waals surface area contributed by atoms with E-state index >= 15 is 0 Å². The maximum absolute atomic E-state index is 13.5. The molecule has 0 spiro atoms. The molecule has 0 saturated heterocycles. The van der Waals surface area contributed by atoms with Crippen LogP contribution in [0.15, 0.2) is 101 Å². The molecular weight excluding hydrogens is 520 g/mol. The Bertz CT molecular complexity index is 1680. The van der Waals surface area contributed by atoms with E-state index in [-0.39, 0.29) is 29.3 Å². The number of phenols is 1. The smallest absolute Gasteiger partial charge is 0.335 e. The van der Waals surface area contributed by atoms with Crippen molar-refractivity contribution in [3.8, 4) is 16.9 Å². The van der Waals surface area contributed by atoms with Crippen molar-refractivity contribution in [2.24, 2.45) is 10.2 Å². The fourth-order valence-corrected chi connectivity index (χ4v) is 4.32. The number of carbonyl (C=O) groups excluding carboxylic acids is 1. The molecule has 41 heavy (non-hydrogen) atoms. The summed E-state index contributed by atoms with van der Waals surface area (Å²) in [5.41, 5.74) is 8.14. The molecule has 0 atom stereocenters. The van der Waals surface area contributed by atoms with E-state index in [9.17, 15) is 19.8 Å². The molecule has 9 heteroatoms. The Morgan fingerprint density at radius 1 is 0.927 bits per heavy atom. The summed E-state index contributed by atoms with van der Waals surface area (Å²) < 4.78 is 5.88. The first kappa shape index (κ1) is 27.3. The van der Waals surface area contributed by atoms with Crippen LogP contribution in [0.4, 0.5) is 11.4 Å². The highest BCUT2D eigenvalue weighted by molar-refractivity contribution is 6.72. The molecule has 9 nitrogen and oxygen atoms in total. The number of hydrogen-bond acceptors (Lipinski definition) is 7. The number of carboxylic acid groups (broad SMARTS) is 1. The number of aromatic carboxylic acids is 1. The lowest BCUT2D eigenvalue weighted by Gasteiger charge is -2.13. The molecule has 5 rings (SSSR count). The van der Waals surface area contributed by atoms with E-state index in [1.54, 1.807) is 30.3 Å². The summed E-state index contributed by atoms with van der Waals surface area (Å²) in [5.74, 6) is -1.65. The fourth-order valence-electron chi connectivity index (χ4n) is 4.32. The van der Waals surface area contributed by atoms with Crippen molar-refractivity contribution < 1.29 is 24.5 Å². The summed E-state index contributed by atoms with van der Waals surface area (Å²) >= 11 is 0. The Labute approximate surface area is 237 Å². The molecule has 3 N–H and O–H groups in total. The minimum atomic E-state index is -1.07. The summed E-state index contributed by atoms with van der Waals surface area (Å²) in [5, 5.41) is 30.5. The quantitative estimate of drug-likeness (QED) is 0.180. The zero-order chi connectivity index (χ0) is 28.9. The monoisotopic (exact) mass is 548 g/mol. The Hall–Kier alpha value is -5.28. The van der Waals surface area contributed by atoms with E-state index < -0.39 is 11.9 Å². The molecule has 1 aliphatic heterocycles. The van der Waals surface area contributed by atoms with Crippen LogP contribution in [0.2, 0.25) is 0 Å². The Morgan fingerprint density at radius 2 is 1.71 bits per heavy atom. The van der Waals surface area contributed by atoms with E-state index in [0.717, 1.165) is 16.7 Å². The van der Waals surface area contributed by atoms with Crippen LogP contribution in [0.25, 0.3) is 11.1 Å². The normalized spacial score (nSPS) is 13.9. The molecule has 0 radical (unpaired) electrons. The number of carbonyl (C=O) groups is 2. The third-order valence-electron chi connectivity index (χ3n) is 6.72. The standard InChI is InChI=1S/C32H28N4O5/c1-20-14-15-25(16-21(20)2)36-31(38)29(28(35-36)19-41-18-22-8-4-3-5-9-22)34-33-27-13-7-12-26(30(27)37)23-10-6-11-24(17-23)32(39)40/h3-17,33,37H,18-19H2,1-2H3,(H,39,40). The summed E-state index contributed by atoms with van der Waals surface area (Å²) in [6.07, 6.45) is 0. The SMILES string of the molecule is Cc1ccc(N2N=C(COCc3ccccc3)C(=NNc3cccc(-c4cccc(C(=O)O)c4)c3O)C2=O)cc1C. The van der Waals surface area contributed by atoms with Crippen molar-refractivity contribution in [1.29, 1.82) is 0 Å². The van der Waals surface area contributed by atoms with Crippen LogP contribution >= 0.6 is 0 Å². The van der Waals surface area contributed by atoms with Crippen molar-refractivity contribution in [3.05, 3.63) is 113 Å². The van der Waals surface area contributed by atoms with Gasteiger partial charge in [0.25, 0.3) is 0 Å². The van der Waals surface area contributed by atoms with Crippen LogP contribution in [0.1, 0.15) is 27.0 Å². The lowest BCUT2D eigenvalue weighted by atomic mass is 10.0. The van der Waals surface area contributed by atoms with Gasteiger partial charge in [0.15, 0.2) is 5.71 Å². The Balaban J connectivity index is 1.43. The van der Waals surface area contributed by atoms with Gasteiger partial charge in [0.05, 0.1) is 30.2 Å². The highest BCUT2D eigenvalue weighted by Gasteiger charge is 2.33. The van der Waals surface area contributed by atoms with E-state index in [1.165, 1.54) is 17.1 Å². The highest BCUT2D eigenvalue weighted by atomic mass is 16.5. The number of para-hydroxylation sites is 1. The van der Waals surface area contributed by atoms with Crippen LogP contribution < -0.4 is 10.4 Å². The predicted octanol–water partition coefficient (Wildman–Crippen LogP) is 5.76. The second-order valence-electron chi connectivity index (χ2n) is 9.57. The van der Waals surface area contributed by atoms with Gasteiger partial charge in [-0.05, 0) is 66.4 Å². The van der Waals surface area contributed by atoms with E-state index in [2.05, 4.69) is 15.6 Å². The van der Waals surface area contributed by atoms with Crippen molar-refractivity contribution in [2.75, 3.05) is 17.0 Å². The number of phenolic OH excluding ortho intramolecular Hbond substituents is 1. The molecule has 1 amide bonds. The maximum Gasteiger partial charge on any atom is 0.335 e. The molecule has 0 aliphatic carbocycles. The highest BCUT2D eigenvalue weighted by Crippen LogP contribution is 2.36. The molecule has 0 saturated carbocycles. The number of ether oxygens (including phenoxy) is 1. The average Bonchev–Trinajstić information content (AvgIpc) is 3.29. The van der Waals surface area contributed by atoms with Crippen LogP contribution in [0.5, 0.6) is 5.75 Å². The molecule has 0 unspecified atom stereocenters. The fraction of sp³-hybridized carbons (Fsp3) is 0.125. The number of nitrogens with zero attached hydrogens (tertiary/aromatic N) is 3. The van der Waals surface area contributed by atoms with Crippen LogP contribution in [0.3, 0.4) is 0 Å². The molecule has 0 fully saturated rings. The van der Waals surface area contributed by atoms with E-state index in [1.807, 2.05) is 62.4 Å². The molecule has 0 aromatic heterocycles. The number of aryl methyl sites for hydroxylation is 2. The predicted molar refractivity (Wildman–Crippen MR) is 158 cm³/mol. The first-order valence-corrected chi connectivity index (χ1v) is 12.9. The van der Waals surface area contributed by atoms with Gasteiger partial charge in [-0.15, -0.1) is 0 Å². The lowest BCUT2D eigenvalue weighted by Crippen LogP contribution is -2.29. The zero-order valence-corrected chi connectivity index (χ0v) is 22.5. The second kappa shape index (κ2) is 11.8. The number of amides is 1. The number of hydrogen-bond donors (Lipinski definition) is 3. The number of carboxylic acids is 1. The first-order chi connectivity index (χ1) is 19.8. The molecule has 206 valence electrons. The van der Waals surface area contributed by atoms with Gasteiger partial charge in [-0.25, -0.2) is 4.79 Å². The van der Waals surface area contributed by atoms with Crippen LogP contribution in [0, 0.1) is 13.8 Å². The first-order valence-electron chi connectivity index (χ1n) is 12.9. The third-order valence-corrected chi connectivity index (χ3v) is 6.72. The van der Waals surface area contributed by atoms with Gasteiger partial charge in [-0.2, -0.15) is 15.2 Å². The molecule has 1 heterocycles. The van der Waals surface area contributed by atoms with Gasteiger partial charge in [-0.1, -0.05) is 60.7 Å². The molecule has 4 aromatic carbocycles. The summed E-state index contributed by atoms with van der Waals surface area (Å²) in [4.78, 5) is 24.9. The molecule has 0 bridgehead atoms. The average molecular weight is 549 g/mol. The number of hydrazone groups is 2. The third kappa shape index (κ3) is 6.00. The van der Waals surface area contributed by atoms with Gasteiger partial charge < -0.3 is 14.9 Å². The van der Waals surface area contributed by atoms with E-state index in [0.29, 0.717) is 29.1 Å². The zero-order valence-electron chi connectivity index (χ0n) is 22.5. The molecule has 1 aliphatic rings. The lowest BCUT2D eigenvalue weighted by molar-refractivity contribution is -0.112. The Kier molecular flexibility index (Phi) is 7.89. The number of anilines is 2. The summed E-state index contributed by atoms with van der Waals surface area (Å²) in [6, 6.07) is 26.5. The Morgan fingerprint density at radius 3 is 2.46 bits per heavy atom. The largest absolute Gasteiger partial charge is 0.505 e. The number of nitrogens with one attached hydrogen (secondary N) is 1. The second-order valence-corrected chi connectivity index (χ2v) is 9.57. The van der Waals surface area contributed by atoms with Gasteiger partial charge in [0.2, 0.25) is 0 Å². The summed E-state index contributed by atoms with van der Waals surface area (Å²) in [7, 11) is 0. The number of aromatic hydroxyl groups is 1. The minimum absolute atomic E-state index is 0.0382. The molecular formula is C32H28N4O5. The van der Waals surface area contributed by atoms with Crippen molar-refractivity contribution >= 4 is 34.7 Å². The number of rotatable bonds is 9. The van der Waals surface area contributed by atoms with E-state index in [4.69, 9.17) is 4.74 Å². The molecule has 4 aromatic rings. The minimum Gasteiger partial charge on any atom is -0.505 e. The number of benzene rings is 4. The van der Waals surface area contributed by atoms with Gasteiger partial charge in [-0.3, -0.25) is 10.2 Å². The van der Waals surface area contributed by atoms with Crippen LogP contribution in [-0.4, -0.2) is 40.1 Å². The van der Waals surface area contributed by atoms with Gasteiger partial charge in [0, 0.05) is 5.56 Å². The van der Waals surface area contributed by atoms with Crippen molar-refractivity contribution in [1.82, 2.24) is 0 Å². The van der Waals surface area contributed by atoms with Gasteiger partial charge in [0.1, 0.15) is 11.5 Å². The van der Waals surface area contributed by atoms with Crippen molar-refractivity contribution in [3.63, 3.8) is 0 Å².